The molecule has 2 aliphatic heterocycles. The summed E-state index contributed by atoms with van der Waals surface area (Å²) in [5.74, 6) is 0.755. The molecule has 2 aromatic carbocycles. The van der Waals surface area contributed by atoms with E-state index in [-0.39, 0.29) is 11.9 Å². The number of hydrogen-bond acceptors (Lipinski definition) is 4. The number of carbonyl (C=O) groups excluding carboxylic acids is 1. The van der Waals surface area contributed by atoms with Crippen LogP contribution in [0.25, 0.3) is 0 Å². The molecule has 7 nitrogen and oxygen atoms in total. The Bertz CT molecular complexity index is 1060. The zero-order valence-electron chi connectivity index (χ0n) is 18.0. The summed E-state index contributed by atoms with van der Waals surface area (Å²) >= 11 is 0. The minimum absolute atomic E-state index is 0.0341. The molecular weight excluding hydrogens is 414 g/mol. The number of nitrogens with one attached hydrogen (secondary N) is 1. The molecule has 2 atom stereocenters. The van der Waals surface area contributed by atoms with Gasteiger partial charge in [0.05, 0.1) is 12.4 Å². The van der Waals surface area contributed by atoms with Crippen molar-refractivity contribution in [3.8, 4) is 5.75 Å². The van der Waals surface area contributed by atoms with Crippen LogP contribution in [0.2, 0.25) is 0 Å². The number of sulfonamides is 1. The lowest BCUT2D eigenvalue weighted by Gasteiger charge is -2.23. The van der Waals surface area contributed by atoms with E-state index in [1.807, 2.05) is 55.5 Å². The molecule has 31 heavy (non-hydrogen) atoms. The van der Waals surface area contributed by atoms with E-state index in [1.54, 1.807) is 16.3 Å². The Morgan fingerprint density at radius 1 is 1.13 bits per heavy atom. The largest absolute Gasteiger partial charge is 0.497 e. The number of carbonyl (C=O) groups is 1. The maximum Gasteiger partial charge on any atom is 0.321 e. The third kappa shape index (κ3) is 4.55. The number of methoxy groups -OCH3 is 1. The molecule has 0 saturated carbocycles. The number of para-hydroxylation sites is 1. The molecule has 0 radical (unpaired) electrons. The summed E-state index contributed by atoms with van der Waals surface area (Å²) in [6, 6.07) is 15.0. The third-order valence-corrected chi connectivity index (χ3v) is 8.71. The van der Waals surface area contributed by atoms with Crippen LogP contribution >= 0.6 is 0 Å². The minimum atomic E-state index is -3.41. The lowest BCUT2D eigenvalue weighted by molar-refractivity contribution is 0.212. The van der Waals surface area contributed by atoms with Gasteiger partial charge in [0.1, 0.15) is 5.75 Å². The lowest BCUT2D eigenvalue weighted by atomic mass is 10.0. The van der Waals surface area contributed by atoms with Crippen molar-refractivity contribution in [1.82, 2.24) is 9.21 Å². The number of urea groups is 1. The number of hydrogen-bond donors (Lipinski definition) is 1. The van der Waals surface area contributed by atoms with Crippen molar-refractivity contribution < 1.29 is 17.9 Å². The molecule has 4 rings (SSSR count). The average Bonchev–Trinajstić information content (AvgIpc) is 2.89. The van der Waals surface area contributed by atoms with Gasteiger partial charge in [-0.1, -0.05) is 30.3 Å². The van der Waals surface area contributed by atoms with Gasteiger partial charge < -0.3 is 15.0 Å². The number of aryl methyl sites for hydroxylation is 1. The highest BCUT2D eigenvalue weighted by molar-refractivity contribution is 7.90. The first-order chi connectivity index (χ1) is 14.9. The molecule has 1 N–H and O–H groups in total. The van der Waals surface area contributed by atoms with Gasteiger partial charge in [-0.15, -0.1) is 0 Å². The van der Waals surface area contributed by atoms with Crippen LogP contribution in [-0.4, -0.2) is 55.6 Å². The highest BCUT2D eigenvalue weighted by atomic mass is 32.2. The normalized spacial score (nSPS) is 23.1. The lowest BCUT2D eigenvalue weighted by Crippen LogP contribution is -2.37. The van der Waals surface area contributed by atoms with Crippen molar-refractivity contribution >= 4 is 21.7 Å². The number of ether oxygens (including phenoxy) is 1. The summed E-state index contributed by atoms with van der Waals surface area (Å²) in [4.78, 5) is 14.5. The average molecular weight is 444 g/mol. The molecule has 0 aromatic heterocycles. The van der Waals surface area contributed by atoms with Crippen LogP contribution in [0.5, 0.6) is 5.75 Å². The molecule has 2 fully saturated rings. The summed E-state index contributed by atoms with van der Waals surface area (Å²) in [6.45, 7) is 3.79. The number of rotatable bonds is 4. The van der Waals surface area contributed by atoms with Gasteiger partial charge in [0.2, 0.25) is 10.0 Å². The van der Waals surface area contributed by atoms with E-state index in [0.717, 1.165) is 22.6 Å². The Kier molecular flexibility index (Phi) is 6.20. The summed E-state index contributed by atoms with van der Waals surface area (Å²) in [7, 11) is -1.81. The van der Waals surface area contributed by atoms with Gasteiger partial charge >= 0.3 is 6.03 Å². The van der Waals surface area contributed by atoms with Gasteiger partial charge in [0, 0.05) is 31.9 Å². The molecular formula is C23H29N3O4S. The van der Waals surface area contributed by atoms with Crippen molar-refractivity contribution in [2.24, 2.45) is 5.92 Å². The highest BCUT2D eigenvalue weighted by Crippen LogP contribution is 2.35. The van der Waals surface area contributed by atoms with Crippen molar-refractivity contribution in [3.63, 3.8) is 0 Å². The zero-order valence-corrected chi connectivity index (χ0v) is 18.8. The summed E-state index contributed by atoms with van der Waals surface area (Å²) in [6.07, 6.45) is 1.14. The predicted molar refractivity (Wildman–Crippen MR) is 121 cm³/mol. The fourth-order valence-corrected chi connectivity index (χ4v) is 6.76. The molecule has 166 valence electrons. The molecule has 0 spiro atoms. The van der Waals surface area contributed by atoms with Crippen LogP contribution in [-0.2, 0) is 16.6 Å². The maximum absolute atomic E-state index is 13.2. The van der Waals surface area contributed by atoms with Crippen molar-refractivity contribution in [3.05, 3.63) is 59.7 Å². The second-order valence-corrected chi connectivity index (χ2v) is 10.4. The highest BCUT2D eigenvalue weighted by Gasteiger charge is 2.47. The summed E-state index contributed by atoms with van der Waals surface area (Å²) in [5.41, 5.74) is 2.70. The van der Waals surface area contributed by atoms with Gasteiger partial charge in [0.25, 0.3) is 0 Å². The van der Waals surface area contributed by atoms with Gasteiger partial charge in [-0.2, -0.15) is 4.31 Å². The van der Waals surface area contributed by atoms with E-state index >= 15 is 0 Å². The Morgan fingerprint density at radius 2 is 1.90 bits per heavy atom. The van der Waals surface area contributed by atoms with Crippen LogP contribution in [0.1, 0.15) is 24.0 Å². The first kappa shape index (κ1) is 21.6. The Hall–Kier alpha value is -2.58. The van der Waals surface area contributed by atoms with Crippen molar-refractivity contribution in [1.29, 1.82) is 0 Å². The topological polar surface area (TPSA) is 79.0 Å². The van der Waals surface area contributed by atoms with Gasteiger partial charge in [-0.05, 0) is 55.0 Å². The number of benzene rings is 2. The number of anilines is 1. The van der Waals surface area contributed by atoms with Gasteiger partial charge in [0.15, 0.2) is 0 Å². The maximum atomic E-state index is 13.2. The first-order valence-corrected chi connectivity index (χ1v) is 12.1. The molecule has 8 heteroatoms. The second kappa shape index (κ2) is 8.88. The number of amides is 2. The minimum Gasteiger partial charge on any atom is -0.497 e. The van der Waals surface area contributed by atoms with Crippen molar-refractivity contribution in [2.45, 2.75) is 31.6 Å². The summed E-state index contributed by atoms with van der Waals surface area (Å²) < 4.78 is 33.3. The molecule has 2 aliphatic rings. The molecule has 0 aliphatic carbocycles. The van der Waals surface area contributed by atoms with E-state index in [0.29, 0.717) is 39.0 Å². The number of nitrogens with zero attached hydrogens (tertiary/aromatic N) is 2. The van der Waals surface area contributed by atoms with E-state index in [4.69, 9.17) is 4.74 Å². The SMILES string of the molecule is COc1cccc(CN2C[C@H]3CCN(C(=O)Nc4ccccc4C)CC[C@H]3S2(=O)=O)c1. The van der Waals surface area contributed by atoms with E-state index < -0.39 is 15.3 Å². The van der Waals surface area contributed by atoms with Crippen LogP contribution in [0.3, 0.4) is 0 Å². The third-order valence-electron chi connectivity index (χ3n) is 6.33. The van der Waals surface area contributed by atoms with Crippen molar-refractivity contribution in [2.75, 3.05) is 32.1 Å². The van der Waals surface area contributed by atoms with E-state index in [9.17, 15) is 13.2 Å². The van der Waals surface area contributed by atoms with E-state index in [2.05, 4.69) is 5.32 Å². The monoisotopic (exact) mass is 443 g/mol. The molecule has 0 bridgehead atoms. The van der Waals surface area contributed by atoms with Gasteiger partial charge in [-0.3, -0.25) is 0 Å². The molecule has 2 saturated heterocycles. The summed E-state index contributed by atoms with van der Waals surface area (Å²) in [5, 5.41) is 2.53. The molecule has 2 amide bonds. The fourth-order valence-electron chi connectivity index (χ4n) is 4.54. The fraction of sp³-hybridized carbons (Fsp3) is 0.435. The Labute approximate surface area is 184 Å². The smallest absolute Gasteiger partial charge is 0.321 e. The first-order valence-electron chi connectivity index (χ1n) is 10.6. The quantitative estimate of drug-likeness (QED) is 0.785. The van der Waals surface area contributed by atoms with E-state index in [1.165, 1.54) is 0 Å². The Balaban J connectivity index is 1.41. The van der Waals surface area contributed by atoms with Crippen LogP contribution in [0.4, 0.5) is 10.5 Å². The Morgan fingerprint density at radius 3 is 2.68 bits per heavy atom. The molecule has 2 aromatic rings. The predicted octanol–water partition coefficient (Wildman–Crippen LogP) is 3.46. The second-order valence-electron chi connectivity index (χ2n) is 8.30. The van der Waals surface area contributed by atoms with Crippen LogP contribution in [0, 0.1) is 12.8 Å². The standard InChI is InChI=1S/C23H29N3O4S/c1-17-6-3-4-9-21(17)24-23(27)25-12-10-19-16-26(31(28,29)22(19)11-13-25)15-18-7-5-8-20(14-18)30-2/h3-9,14,19,22H,10-13,15-16H2,1-2H3,(H,24,27)/t19-,22-/m1/s1. The zero-order chi connectivity index (χ0) is 22.0. The van der Waals surface area contributed by atoms with Crippen LogP contribution < -0.4 is 10.1 Å². The number of fused-ring (bicyclic) bond motifs is 1. The molecule has 2 heterocycles. The van der Waals surface area contributed by atoms with Crippen LogP contribution in [0.15, 0.2) is 48.5 Å². The molecule has 0 unspecified atom stereocenters. The number of likely N-dealkylation sites (tertiary alicyclic amines) is 1. The van der Waals surface area contributed by atoms with Gasteiger partial charge in [-0.25, -0.2) is 13.2 Å².